The Balaban J connectivity index is 0.000000460. The first-order valence-electron chi connectivity index (χ1n) is 14.4. The van der Waals surface area contributed by atoms with E-state index in [4.69, 9.17) is 19.4 Å². The molecule has 3 N–H and O–H groups in total. The quantitative estimate of drug-likeness (QED) is 0.258. The SMILES string of the molecule is COc1ccc2c(c1)C1(CC1c1ccc3c(/C=C/c4cccc(CN5CCOCC5)c4)n[nH]c3c1)C(=O)N2.O=C(O)C(F)(F)F. The Morgan fingerprint density at radius 2 is 1.91 bits per heavy atom. The number of alkyl halides is 3. The molecule has 1 saturated carbocycles. The second-order valence-electron chi connectivity index (χ2n) is 11.3. The second-order valence-corrected chi connectivity index (χ2v) is 11.3. The minimum absolute atomic E-state index is 0.0786. The number of morpholine rings is 1. The van der Waals surface area contributed by atoms with Crippen LogP contribution in [0.1, 0.15) is 40.3 Å². The van der Waals surface area contributed by atoms with E-state index in [1.807, 2.05) is 18.2 Å². The minimum Gasteiger partial charge on any atom is -0.497 e. The molecule has 234 valence electrons. The molecule has 1 aliphatic carbocycles. The average molecular weight is 621 g/mol. The number of ether oxygens (including phenoxy) is 2. The maximum absolute atomic E-state index is 13.0. The number of amides is 1. The van der Waals surface area contributed by atoms with Crippen LogP contribution in [0.5, 0.6) is 5.75 Å². The van der Waals surface area contributed by atoms with Crippen LogP contribution in [-0.2, 0) is 26.3 Å². The lowest BCUT2D eigenvalue weighted by Crippen LogP contribution is -2.35. The Morgan fingerprint density at radius 3 is 2.64 bits per heavy atom. The topological polar surface area (TPSA) is 117 Å². The van der Waals surface area contributed by atoms with Gasteiger partial charge in [-0.3, -0.25) is 14.8 Å². The van der Waals surface area contributed by atoms with Gasteiger partial charge in [0.25, 0.3) is 0 Å². The summed E-state index contributed by atoms with van der Waals surface area (Å²) in [4.78, 5) is 24.4. The van der Waals surface area contributed by atoms with Gasteiger partial charge in [0.15, 0.2) is 0 Å². The van der Waals surface area contributed by atoms with Gasteiger partial charge in [-0.25, -0.2) is 4.79 Å². The van der Waals surface area contributed by atoms with E-state index in [1.54, 1.807) is 7.11 Å². The molecule has 9 nitrogen and oxygen atoms in total. The number of aliphatic carboxylic acids is 1. The first-order valence-corrected chi connectivity index (χ1v) is 14.4. The highest BCUT2D eigenvalue weighted by molar-refractivity contribution is 6.10. The van der Waals surface area contributed by atoms with E-state index >= 15 is 0 Å². The standard InChI is InChI=1S/C31H30N4O3.C2HF3O2/c1-37-23-7-10-28-25(17-23)31(30(36)32-28)18-26(31)22-6-8-24-27(33-34-29(24)16-22)9-5-20-3-2-4-21(15-20)19-35-11-13-38-14-12-35;3-2(4,5)1(6)7/h2-10,15-17,26H,11-14,18-19H2,1H3,(H,32,36)(H,33,34);(H,6,7)/b9-5+;. The summed E-state index contributed by atoms with van der Waals surface area (Å²) in [5.74, 6) is -1.77. The van der Waals surface area contributed by atoms with Crippen molar-refractivity contribution in [3.05, 3.63) is 88.6 Å². The number of carboxylic acids is 1. The van der Waals surface area contributed by atoms with Crippen molar-refractivity contribution in [2.75, 3.05) is 38.7 Å². The number of anilines is 1. The summed E-state index contributed by atoms with van der Waals surface area (Å²) in [5, 5.41) is 19.0. The lowest BCUT2D eigenvalue weighted by molar-refractivity contribution is -0.192. The Hall–Kier alpha value is -4.68. The molecule has 2 aliphatic heterocycles. The number of nitrogens with one attached hydrogen (secondary N) is 2. The van der Waals surface area contributed by atoms with Crippen LogP contribution in [0.15, 0.2) is 60.7 Å². The zero-order valence-electron chi connectivity index (χ0n) is 24.4. The van der Waals surface area contributed by atoms with Crippen LogP contribution in [0.4, 0.5) is 18.9 Å². The number of fused-ring (bicyclic) bond motifs is 3. The number of aromatic nitrogens is 2. The van der Waals surface area contributed by atoms with E-state index < -0.39 is 17.6 Å². The number of hydrogen-bond donors (Lipinski definition) is 3. The molecule has 0 radical (unpaired) electrons. The van der Waals surface area contributed by atoms with E-state index in [2.05, 4.69) is 75.0 Å². The molecular formula is C33H31F3N4O5. The molecule has 1 amide bonds. The number of H-pyrrole nitrogens is 1. The second kappa shape index (κ2) is 12.0. The number of carbonyl (C=O) groups excluding carboxylic acids is 1. The molecule has 3 aromatic carbocycles. The maximum Gasteiger partial charge on any atom is 0.490 e. The predicted molar refractivity (Wildman–Crippen MR) is 162 cm³/mol. The van der Waals surface area contributed by atoms with Gasteiger partial charge >= 0.3 is 12.1 Å². The molecule has 1 saturated heterocycles. The van der Waals surface area contributed by atoms with Gasteiger partial charge < -0.3 is 19.9 Å². The van der Waals surface area contributed by atoms with Gasteiger partial charge in [0.2, 0.25) is 5.91 Å². The van der Waals surface area contributed by atoms with Gasteiger partial charge in [-0.1, -0.05) is 42.5 Å². The summed E-state index contributed by atoms with van der Waals surface area (Å²) in [6.07, 6.45) is -0.0977. The molecule has 2 atom stereocenters. The highest BCUT2D eigenvalue weighted by Crippen LogP contribution is 2.65. The van der Waals surface area contributed by atoms with E-state index in [-0.39, 0.29) is 11.8 Å². The van der Waals surface area contributed by atoms with Crippen molar-refractivity contribution < 1.29 is 37.3 Å². The molecule has 1 aromatic heterocycles. The van der Waals surface area contributed by atoms with Gasteiger partial charge in [0.1, 0.15) is 5.75 Å². The summed E-state index contributed by atoms with van der Waals surface area (Å²) in [6, 6.07) is 20.9. The third kappa shape index (κ3) is 6.16. The van der Waals surface area contributed by atoms with E-state index in [0.717, 1.165) is 84.0 Å². The van der Waals surface area contributed by atoms with Crippen molar-refractivity contribution in [3.63, 3.8) is 0 Å². The molecule has 45 heavy (non-hydrogen) atoms. The first-order chi connectivity index (χ1) is 21.6. The molecule has 1 spiro atoms. The van der Waals surface area contributed by atoms with Gasteiger partial charge in [0.05, 0.1) is 36.9 Å². The lowest BCUT2D eigenvalue weighted by Gasteiger charge is -2.26. The number of methoxy groups -OCH3 is 1. The smallest absolute Gasteiger partial charge is 0.490 e. The van der Waals surface area contributed by atoms with E-state index in [0.29, 0.717) is 0 Å². The van der Waals surface area contributed by atoms with Gasteiger partial charge in [-0.2, -0.15) is 18.3 Å². The van der Waals surface area contributed by atoms with Crippen LogP contribution >= 0.6 is 0 Å². The fourth-order valence-corrected chi connectivity index (χ4v) is 6.09. The summed E-state index contributed by atoms with van der Waals surface area (Å²) >= 11 is 0. The molecule has 0 bridgehead atoms. The summed E-state index contributed by atoms with van der Waals surface area (Å²) in [5.41, 5.74) is 6.92. The Bertz CT molecular complexity index is 1780. The molecule has 7 rings (SSSR count). The fraction of sp³-hybridized carbons (Fsp3) is 0.303. The molecule has 3 aliphatic rings. The largest absolute Gasteiger partial charge is 0.497 e. The number of halogens is 3. The van der Waals surface area contributed by atoms with Crippen molar-refractivity contribution in [1.29, 1.82) is 0 Å². The highest BCUT2D eigenvalue weighted by atomic mass is 19.4. The zero-order chi connectivity index (χ0) is 31.8. The van der Waals surface area contributed by atoms with E-state index in [1.165, 1.54) is 5.56 Å². The third-order valence-electron chi connectivity index (χ3n) is 8.48. The van der Waals surface area contributed by atoms with Gasteiger partial charge in [-0.15, -0.1) is 0 Å². The molecule has 3 heterocycles. The number of rotatable bonds is 6. The highest BCUT2D eigenvalue weighted by Gasteiger charge is 2.65. The number of carboxylic acid groups (broad SMARTS) is 1. The number of nitrogens with zero attached hydrogens (tertiary/aromatic N) is 2. The molecule has 2 fully saturated rings. The number of carbonyl (C=O) groups is 2. The maximum atomic E-state index is 13.0. The zero-order valence-corrected chi connectivity index (χ0v) is 24.4. The van der Waals surface area contributed by atoms with Crippen molar-refractivity contribution in [2.45, 2.75) is 30.5 Å². The van der Waals surface area contributed by atoms with Crippen LogP contribution in [0.3, 0.4) is 0 Å². The van der Waals surface area contributed by atoms with Crippen molar-refractivity contribution in [2.24, 2.45) is 0 Å². The van der Waals surface area contributed by atoms with Crippen LogP contribution < -0.4 is 10.1 Å². The van der Waals surface area contributed by atoms with Crippen molar-refractivity contribution >= 4 is 40.6 Å². The molecule has 2 unspecified atom stereocenters. The molecule has 12 heteroatoms. The molecule has 4 aromatic rings. The van der Waals surface area contributed by atoms with Crippen LogP contribution in [0, 0.1) is 0 Å². The Kier molecular flexibility index (Phi) is 8.10. The summed E-state index contributed by atoms with van der Waals surface area (Å²) in [7, 11) is 1.66. The number of hydrogen-bond acceptors (Lipinski definition) is 6. The molecular weight excluding hydrogens is 589 g/mol. The van der Waals surface area contributed by atoms with Crippen molar-refractivity contribution in [1.82, 2.24) is 15.1 Å². The number of benzene rings is 3. The van der Waals surface area contributed by atoms with Crippen molar-refractivity contribution in [3.8, 4) is 5.75 Å². The minimum atomic E-state index is -5.08. The lowest BCUT2D eigenvalue weighted by atomic mass is 9.91. The predicted octanol–water partition coefficient (Wildman–Crippen LogP) is 5.58. The first kappa shape index (κ1) is 30.4. The summed E-state index contributed by atoms with van der Waals surface area (Å²) < 4.78 is 42.6. The van der Waals surface area contributed by atoms with Gasteiger partial charge in [0, 0.05) is 36.6 Å². The van der Waals surface area contributed by atoms with E-state index in [9.17, 15) is 18.0 Å². The van der Waals surface area contributed by atoms with Crippen LogP contribution in [-0.4, -0.2) is 71.7 Å². The number of aromatic amines is 1. The van der Waals surface area contributed by atoms with Crippen LogP contribution in [0.25, 0.3) is 23.1 Å². The third-order valence-corrected chi connectivity index (χ3v) is 8.48. The van der Waals surface area contributed by atoms with Crippen LogP contribution in [0.2, 0.25) is 0 Å². The monoisotopic (exact) mass is 620 g/mol. The fourth-order valence-electron chi connectivity index (χ4n) is 6.09. The Labute approximate surface area is 256 Å². The Morgan fingerprint density at radius 1 is 1.13 bits per heavy atom. The average Bonchev–Trinajstić information content (AvgIpc) is 3.57. The normalized spacial score (nSPS) is 21.0. The summed E-state index contributed by atoms with van der Waals surface area (Å²) in [6.45, 7) is 4.52. The van der Waals surface area contributed by atoms with Gasteiger partial charge in [-0.05, 0) is 59.0 Å².